The van der Waals surface area contributed by atoms with Gasteiger partial charge in [0.05, 0.1) is 30.5 Å². The lowest BCUT2D eigenvalue weighted by atomic mass is 10.1. The fourth-order valence-electron chi connectivity index (χ4n) is 2.19. The second-order valence-electron chi connectivity index (χ2n) is 4.79. The van der Waals surface area contributed by atoms with Crippen molar-refractivity contribution in [2.24, 2.45) is 0 Å². The zero-order valence-corrected chi connectivity index (χ0v) is 11.9. The number of methoxy groups -OCH3 is 1. The van der Waals surface area contributed by atoms with Gasteiger partial charge in [-0.05, 0) is 25.5 Å². The molecule has 21 heavy (non-hydrogen) atoms. The SMILES string of the molecule is COc1ccc(C(=O)O)c(NC(=O)NC2CCOC2C)c1. The van der Waals surface area contributed by atoms with Gasteiger partial charge in [0.15, 0.2) is 0 Å². The van der Waals surface area contributed by atoms with Crippen LogP contribution in [0.3, 0.4) is 0 Å². The predicted molar refractivity (Wildman–Crippen MR) is 75.9 cm³/mol. The number of carbonyl (C=O) groups excluding carboxylic acids is 1. The Morgan fingerprint density at radius 1 is 1.43 bits per heavy atom. The summed E-state index contributed by atoms with van der Waals surface area (Å²) in [6, 6.07) is 3.84. The maximum absolute atomic E-state index is 12.0. The van der Waals surface area contributed by atoms with Crippen LogP contribution in [-0.2, 0) is 4.74 Å². The average molecular weight is 294 g/mol. The topological polar surface area (TPSA) is 96.9 Å². The van der Waals surface area contributed by atoms with Crippen molar-refractivity contribution in [1.82, 2.24) is 5.32 Å². The molecule has 114 valence electrons. The molecule has 2 rings (SSSR count). The van der Waals surface area contributed by atoms with Crippen molar-refractivity contribution < 1.29 is 24.2 Å². The lowest BCUT2D eigenvalue weighted by molar-refractivity contribution is 0.0698. The zero-order chi connectivity index (χ0) is 15.4. The summed E-state index contributed by atoms with van der Waals surface area (Å²) in [7, 11) is 1.47. The third-order valence-corrected chi connectivity index (χ3v) is 3.40. The third kappa shape index (κ3) is 3.63. The van der Waals surface area contributed by atoms with Crippen molar-refractivity contribution in [3.05, 3.63) is 23.8 Å². The van der Waals surface area contributed by atoms with Crippen LogP contribution in [0.1, 0.15) is 23.7 Å². The van der Waals surface area contributed by atoms with Crippen molar-refractivity contribution in [1.29, 1.82) is 0 Å². The number of benzene rings is 1. The van der Waals surface area contributed by atoms with E-state index in [0.717, 1.165) is 6.42 Å². The Morgan fingerprint density at radius 2 is 2.19 bits per heavy atom. The van der Waals surface area contributed by atoms with Crippen LogP contribution >= 0.6 is 0 Å². The maximum atomic E-state index is 12.0. The predicted octanol–water partition coefficient (Wildman–Crippen LogP) is 1.69. The van der Waals surface area contributed by atoms with Crippen molar-refractivity contribution >= 4 is 17.7 Å². The highest BCUT2D eigenvalue weighted by Crippen LogP contribution is 2.23. The number of hydrogen-bond donors (Lipinski definition) is 3. The molecule has 2 amide bonds. The number of carboxylic acids is 1. The first kappa shape index (κ1) is 15.1. The van der Waals surface area contributed by atoms with Crippen LogP contribution in [-0.4, -0.2) is 43.0 Å². The van der Waals surface area contributed by atoms with E-state index in [1.165, 1.54) is 25.3 Å². The van der Waals surface area contributed by atoms with Crippen LogP contribution in [0, 0.1) is 0 Å². The fourth-order valence-corrected chi connectivity index (χ4v) is 2.19. The van der Waals surface area contributed by atoms with E-state index in [1.807, 2.05) is 6.92 Å². The number of amides is 2. The van der Waals surface area contributed by atoms with Crippen LogP contribution in [0.15, 0.2) is 18.2 Å². The number of carbonyl (C=O) groups is 2. The minimum absolute atomic E-state index is 0.00155. The third-order valence-electron chi connectivity index (χ3n) is 3.40. The molecule has 7 nitrogen and oxygen atoms in total. The highest BCUT2D eigenvalue weighted by atomic mass is 16.5. The highest BCUT2D eigenvalue weighted by molar-refractivity contribution is 6.00. The highest BCUT2D eigenvalue weighted by Gasteiger charge is 2.26. The van der Waals surface area contributed by atoms with E-state index < -0.39 is 12.0 Å². The van der Waals surface area contributed by atoms with E-state index in [0.29, 0.717) is 12.4 Å². The summed E-state index contributed by atoms with van der Waals surface area (Å²) in [4.78, 5) is 23.1. The van der Waals surface area contributed by atoms with Gasteiger partial charge in [0.2, 0.25) is 0 Å². The second kappa shape index (κ2) is 6.45. The van der Waals surface area contributed by atoms with Gasteiger partial charge in [0, 0.05) is 12.7 Å². The smallest absolute Gasteiger partial charge is 0.337 e. The maximum Gasteiger partial charge on any atom is 0.337 e. The Kier molecular flexibility index (Phi) is 4.64. The first-order valence-corrected chi connectivity index (χ1v) is 6.61. The van der Waals surface area contributed by atoms with Crippen molar-refractivity contribution in [3.63, 3.8) is 0 Å². The van der Waals surface area contributed by atoms with E-state index in [9.17, 15) is 9.59 Å². The molecule has 7 heteroatoms. The lowest BCUT2D eigenvalue weighted by Crippen LogP contribution is -2.41. The van der Waals surface area contributed by atoms with Crippen molar-refractivity contribution in [2.45, 2.75) is 25.5 Å². The standard InChI is InChI=1S/C14H18N2O5/c1-8-11(5-6-21-8)15-14(19)16-12-7-9(20-2)3-4-10(12)13(17)18/h3-4,7-8,11H,5-6H2,1-2H3,(H,17,18)(H2,15,16,19). The first-order chi connectivity index (χ1) is 10.0. The minimum atomic E-state index is -1.12. The van der Waals surface area contributed by atoms with Crippen molar-refractivity contribution in [3.8, 4) is 5.75 Å². The monoisotopic (exact) mass is 294 g/mol. The van der Waals surface area contributed by atoms with Gasteiger partial charge in [-0.15, -0.1) is 0 Å². The molecule has 1 heterocycles. The molecule has 0 radical (unpaired) electrons. The molecular formula is C14H18N2O5. The van der Waals surface area contributed by atoms with E-state index in [2.05, 4.69) is 10.6 Å². The van der Waals surface area contributed by atoms with Crippen molar-refractivity contribution in [2.75, 3.05) is 19.0 Å². The second-order valence-corrected chi connectivity index (χ2v) is 4.79. The number of hydrogen-bond acceptors (Lipinski definition) is 4. The van der Waals surface area contributed by atoms with E-state index in [4.69, 9.17) is 14.6 Å². The molecule has 2 unspecified atom stereocenters. The molecule has 1 aromatic rings. The van der Waals surface area contributed by atoms with E-state index in [1.54, 1.807) is 0 Å². The number of nitrogens with one attached hydrogen (secondary N) is 2. The van der Waals surface area contributed by atoms with Gasteiger partial charge in [0.25, 0.3) is 0 Å². The van der Waals surface area contributed by atoms with E-state index >= 15 is 0 Å². The number of ether oxygens (including phenoxy) is 2. The van der Waals surface area contributed by atoms with Gasteiger partial charge in [0.1, 0.15) is 5.75 Å². The first-order valence-electron chi connectivity index (χ1n) is 6.61. The molecule has 0 spiro atoms. The molecule has 0 saturated carbocycles. The van der Waals surface area contributed by atoms with Gasteiger partial charge in [-0.1, -0.05) is 0 Å². The normalized spacial score (nSPS) is 20.9. The number of urea groups is 1. The molecule has 0 aromatic heterocycles. The summed E-state index contributed by atoms with van der Waals surface area (Å²) >= 11 is 0. The molecule has 0 aliphatic carbocycles. The Balaban J connectivity index is 2.10. The summed E-state index contributed by atoms with van der Waals surface area (Å²) in [6.45, 7) is 2.48. The summed E-state index contributed by atoms with van der Waals surface area (Å²) < 4.78 is 10.4. The largest absolute Gasteiger partial charge is 0.497 e. The summed E-state index contributed by atoms with van der Waals surface area (Å²) in [5.74, 6) is -0.654. The molecule has 1 fully saturated rings. The van der Waals surface area contributed by atoms with Crippen LogP contribution < -0.4 is 15.4 Å². The Hall–Kier alpha value is -2.28. The molecule has 0 bridgehead atoms. The van der Waals surface area contributed by atoms with Crippen LogP contribution in [0.2, 0.25) is 0 Å². The van der Waals surface area contributed by atoms with Crippen LogP contribution in [0.5, 0.6) is 5.75 Å². The number of rotatable bonds is 4. The molecule has 3 N–H and O–H groups in total. The lowest BCUT2D eigenvalue weighted by Gasteiger charge is -2.17. The summed E-state index contributed by atoms with van der Waals surface area (Å²) in [6.07, 6.45) is 0.679. The quantitative estimate of drug-likeness (QED) is 0.785. The van der Waals surface area contributed by atoms with Crippen LogP contribution in [0.25, 0.3) is 0 Å². The number of anilines is 1. The van der Waals surface area contributed by atoms with Gasteiger partial charge in [-0.25, -0.2) is 9.59 Å². The fraction of sp³-hybridized carbons (Fsp3) is 0.429. The van der Waals surface area contributed by atoms with Gasteiger partial charge in [-0.2, -0.15) is 0 Å². The minimum Gasteiger partial charge on any atom is -0.497 e. The van der Waals surface area contributed by atoms with Gasteiger partial charge >= 0.3 is 12.0 Å². The number of aromatic carboxylic acids is 1. The molecule has 1 aliphatic heterocycles. The Labute approximate surface area is 122 Å². The van der Waals surface area contributed by atoms with E-state index in [-0.39, 0.29) is 23.4 Å². The molecule has 1 aliphatic rings. The van der Waals surface area contributed by atoms with Gasteiger partial charge in [-0.3, -0.25) is 0 Å². The van der Waals surface area contributed by atoms with Crippen LogP contribution in [0.4, 0.5) is 10.5 Å². The number of carboxylic acid groups (broad SMARTS) is 1. The molecule has 1 saturated heterocycles. The van der Waals surface area contributed by atoms with Gasteiger partial charge < -0.3 is 25.2 Å². The Bertz CT molecular complexity index is 546. The molecule has 2 atom stereocenters. The molecular weight excluding hydrogens is 276 g/mol. The Morgan fingerprint density at radius 3 is 2.76 bits per heavy atom. The zero-order valence-electron chi connectivity index (χ0n) is 11.9. The average Bonchev–Trinajstić information content (AvgIpc) is 2.83. The summed E-state index contributed by atoms with van der Waals surface area (Å²) in [5.41, 5.74) is 0.188. The molecule has 1 aromatic carbocycles. The summed E-state index contributed by atoms with van der Waals surface area (Å²) in [5, 5.41) is 14.5.